The zero-order valence-electron chi connectivity index (χ0n) is 15.0. The minimum Gasteiger partial charge on any atom is -0.342 e. The summed E-state index contributed by atoms with van der Waals surface area (Å²) in [6.07, 6.45) is 1.60. The maximum absolute atomic E-state index is 12.4. The van der Waals surface area contributed by atoms with Crippen molar-refractivity contribution in [3.05, 3.63) is 0 Å². The van der Waals surface area contributed by atoms with Crippen LogP contribution in [-0.2, 0) is 9.59 Å². The monoisotopic (exact) mass is 348 g/mol. The van der Waals surface area contributed by atoms with Gasteiger partial charge in [0.05, 0.1) is 12.1 Å². The van der Waals surface area contributed by atoms with Gasteiger partial charge in [0.25, 0.3) is 0 Å². The van der Waals surface area contributed by atoms with E-state index in [1.54, 1.807) is 0 Å². The summed E-state index contributed by atoms with van der Waals surface area (Å²) in [5, 5.41) is 0. The van der Waals surface area contributed by atoms with Gasteiger partial charge in [-0.3, -0.25) is 14.5 Å². The summed E-state index contributed by atoms with van der Waals surface area (Å²) < 4.78 is 0. The van der Waals surface area contributed by atoms with Crippen LogP contribution >= 0.6 is 12.4 Å². The van der Waals surface area contributed by atoms with Crippen molar-refractivity contribution in [3.63, 3.8) is 0 Å². The Kier molecular flexibility index (Phi) is 9.73. The standard InChI is InChI=1S/C16H32N4O2.ClH/c1-5-8-16(4,17)15(22)20-11-9-18(10-12-20)13-14(21)19(6-2)7-3;/h5-13,17H2,1-4H3;1H. The zero-order valence-corrected chi connectivity index (χ0v) is 15.8. The molecule has 6 nitrogen and oxygen atoms in total. The second kappa shape index (κ2) is 10.1. The van der Waals surface area contributed by atoms with Gasteiger partial charge in [0, 0.05) is 39.3 Å². The third-order valence-corrected chi connectivity index (χ3v) is 4.39. The van der Waals surface area contributed by atoms with E-state index in [1.165, 1.54) is 0 Å². The minimum absolute atomic E-state index is 0. The summed E-state index contributed by atoms with van der Waals surface area (Å²) >= 11 is 0. The van der Waals surface area contributed by atoms with Crippen LogP contribution in [0.15, 0.2) is 0 Å². The Balaban J connectivity index is 0.00000484. The molecule has 1 aliphatic rings. The van der Waals surface area contributed by atoms with Gasteiger partial charge in [0.15, 0.2) is 0 Å². The third-order valence-electron chi connectivity index (χ3n) is 4.39. The summed E-state index contributed by atoms with van der Waals surface area (Å²) in [7, 11) is 0. The Hall–Kier alpha value is -0.850. The molecular weight excluding hydrogens is 316 g/mol. The number of likely N-dealkylation sites (N-methyl/N-ethyl adjacent to an activating group) is 1. The molecule has 0 aliphatic carbocycles. The van der Waals surface area contributed by atoms with E-state index in [0.717, 1.165) is 32.6 Å². The Bertz CT molecular complexity index is 378. The Labute approximate surface area is 146 Å². The number of carbonyl (C=O) groups excluding carboxylic acids is 2. The molecule has 23 heavy (non-hydrogen) atoms. The van der Waals surface area contributed by atoms with E-state index >= 15 is 0 Å². The van der Waals surface area contributed by atoms with Crippen molar-refractivity contribution in [1.82, 2.24) is 14.7 Å². The van der Waals surface area contributed by atoms with Crippen molar-refractivity contribution in [3.8, 4) is 0 Å². The van der Waals surface area contributed by atoms with E-state index in [0.29, 0.717) is 26.1 Å². The number of carbonyl (C=O) groups is 2. The fourth-order valence-corrected chi connectivity index (χ4v) is 2.96. The lowest BCUT2D eigenvalue weighted by Crippen LogP contribution is -2.58. The third kappa shape index (κ3) is 6.28. The lowest BCUT2D eigenvalue weighted by atomic mass is 9.95. The molecular formula is C16H33ClN4O2. The molecule has 0 aromatic rings. The summed E-state index contributed by atoms with van der Waals surface area (Å²) in [6.45, 7) is 12.6. The highest BCUT2D eigenvalue weighted by Crippen LogP contribution is 2.14. The van der Waals surface area contributed by atoms with Crippen LogP contribution in [0.5, 0.6) is 0 Å². The van der Waals surface area contributed by atoms with Crippen molar-refractivity contribution in [2.75, 3.05) is 45.8 Å². The molecule has 1 atom stereocenters. The molecule has 0 saturated carbocycles. The van der Waals surface area contributed by atoms with Crippen LogP contribution in [0.25, 0.3) is 0 Å². The molecule has 0 aromatic heterocycles. The maximum Gasteiger partial charge on any atom is 0.242 e. The van der Waals surface area contributed by atoms with E-state index < -0.39 is 5.54 Å². The van der Waals surface area contributed by atoms with E-state index in [9.17, 15) is 9.59 Å². The van der Waals surface area contributed by atoms with E-state index in [2.05, 4.69) is 4.90 Å². The van der Waals surface area contributed by atoms with Crippen LogP contribution in [0, 0.1) is 0 Å². The van der Waals surface area contributed by atoms with E-state index in [1.807, 2.05) is 37.5 Å². The van der Waals surface area contributed by atoms with E-state index in [-0.39, 0.29) is 24.2 Å². The van der Waals surface area contributed by atoms with Gasteiger partial charge in [-0.15, -0.1) is 12.4 Å². The van der Waals surface area contributed by atoms with Crippen molar-refractivity contribution >= 4 is 24.2 Å². The molecule has 1 aliphatic heterocycles. The molecule has 1 heterocycles. The van der Waals surface area contributed by atoms with Crippen LogP contribution in [0.3, 0.4) is 0 Å². The molecule has 0 bridgehead atoms. The van der Waals surface area contributed by atoms with Gasteiger partial charge in [-0.25, -0.2) is 0 Å². The van der Waals surface area contributed by atoms with Gasteiger partial charge >= 0.3 is 0 Å². The Morgan fingerprint density at radius 1 is 1.09 bits per heavy atom. The highest BCUT2D eigenvalue weighted by molar-refractivity contribution is 5.86. The van der Waals surface area contributed by atoms with Crippen LogP contribution in [-0.4, -0.2) is 77.9 Å². The molecule has 7 heteroatoms. The Morgan fingerprint density at radius 2 is 1.61 bits per heavy atom. The molecule has 2 N–H and O–H groups in total. The fraction of sp³-hybridized carbons (Fsp3) is 0.875. The SMILES string of the molecule is CCCC(C)(N)C(=O)N1CCN(CC(=O)N(CC)CC)CC1.Cl. The van der Waals surface area contributed by atoms with Crippen molar-refractivity contribution in [2.24, 2.45) is 5.73 Å². The zero-order chi connectivity index (χ0) is 16.8. The van der Waals surface area contributed by atoms with Gasteiger partial charge in [-0.2, -0.15) is 0 Å². The predicted molar refractivity (Wildman–Crippen MR) is 95.7 cm³/mol. The van der Waals surface area contributed by atoms with Crippen LogP contribution in [0.2, 0.25) is 0 Å². The molecule has 1 rings (SSSR count). The lowest BCUT2D eigenvalue weighted by molar-refractivity contribution is -0.139. The molecule has 0 spiro atoms. The summed E-state index contributed by atoms with van der Waals surface area (Å²) in [5.41, 5.74) is 5.36. The largest absolute Gasteiger partial charge is 0.342 e. The molecule has 0 radical (unpaired) electrons. The summed E-state index contributed by atoms with van der Waals surface area (Å²) in [4.78, 5) is 30.4. The number of halogens is 1. The molecule has 136 valence electrons. The summed E-state index contributed by atoms with van der Waals surface area (Å²) in [5.74, 6) is 0.198. The smallest absolute Gasteiger partial charge is 0.242 e. The molecule has 0 aromatic carbocycles. The quantitative estimate of drug-likeness (QED) is 0.743. The van der Waals surface area contributed by atoms with Gasteiger partial charge in [0.1, 0.15) is 0 Å². The molecule has 2 amide bonds. The minimum atomic E-state index is -0.770. The molecule has 1 fully saturated rings. The first-order chi connectivity index (χ1) is 10.4. The molecule has 1 unspecified atom stereocenters. The van der Waals surface area contributed by atoms with Gasteiger partial charge in [-0.05, 0) is 27.2 Å². The van der Waals surface area contributed by atoms with Crippen LogP contribution in [0.4, 0.5) is 0 Å². The second-order valence-corrected chi connectivity index (χ2v) is 6.30. The number of nitrogens with zero attached hydrogens (tertiary/aromatic N) is 3. The number of amides is 2. The number of hydrogen-bond donors (Lipinski definition) is 1. The maximum atomic E-state index is 12.4. The van der Waals surface area contributed by atoms with Crippen molar-refractivity contribution in [2.45, 2.75) is 46.1 Å². The predicted octanol–water partition coefficient (Wildman–Crippen LogP) is 0.938. The van der Waals surface area contributed by atoms with E-state index in [4.69, 9.17) is 5.73 Å². The number of hydrogen-bond acceptors (Lipinski definition) is 4. The fourth-order valence-electron chi connectivity index (χ4n) is 2.96. The first kappa shape index (κ1) is 22.1. The van der Waals surface area contributed by atoms with Crippen LogP contribution < -0.4 is 5.73 Å². The average molecular weight is 349 g/mol. The number of nitrogens with two attached hydrogens (primary N) is 1. The second-order valence-electron chi connectivity index (χ2n) is 6.30. The topological polar surface area (TPSA) is 69.9 Å². The van der Waals surface area contributed by atoms with Crippen LogP contribution in [0.1, 0.15) is 40.5 Å². The normalized spacial score (nSPS) is 18.0. The van der Waals surface area contributed by atoms with Gasteiger partial charge in [-0.1, -0.05) is 13.3 Å². The highest BCUT2D eigenvalue weighted by atomic mass is 35.5. The molecule has 1 saturated heterocycles. The first-order valence-electron chi connectivity index (χ1n) is 8.44. The first-order valence-corrected chi connectivity index (χ1v) is 8.44. The lowest BCUT2D eigenvalue weighted by Gasteiger charge is -2.38. The van der Waals surface area contributed by atoms with Gasteiger partial charge in [0.2, 0.25) is 11.8 Å². The summed E-state index contributed by atoms with van der Waals surface area (Å²) in [6, 6.07) is 0. The van der Waals surface area contributed by atoms with Crippen molar-refractivity contribution < 1.29 is 9.59 Å². The average Bonchev–Trinajstić information content (AvgIpc) is 2.48. The number of piperazine rings is 1. The Morgan fingerprint density at radius 3 is 2.04 bits per heavy atom. The van der Waals surface area contributed by atoms with Gasteiger partial charge < -0.3 is 15.5 Å². The van der Waals surface area contributed by atoms with Crippen molar-refractivity contribution in [1.29, 1.82) is 0 Å². The number of rotatable bonds is 7. The highest BCUT2D eigenvalue weighted by Gasteiger charge is 2.33.